The molecule has 6 heteroatoms. The summed E-state index contributed by atoms with van der Waals surface area (Å²) in [7, 11) is 0. The van der Waals surface area contributed by atoms with Gasteiger partial charge in [-0.1, -0.05) is 0 Å². The Labute approximate surface area is 129 Å². The minimum Gasteiger partial charge on any atom is -0.480 e. The summed E-state index contributed by atoms with van der Waals surface area (Å²) in [5.41, 5.74) is 1.21. The molecule has 1 saturated heterocycles. The lowest BCUT2D eigenvalue weighted by molar-refractivity contribution is -0.137. The van der Waals surface area contributed by atoms with Gasteiger partial charge in [0.15, 0.2) is 0 Å². The second kappa shape index (κ2) is 7.06. The first-order chi connectivity index (χ1) is 10.5. The van der Waals surface area contributed by atoms with E-state index >= 15 is 0 Å². The van der Waals surface area contributed by atoms with Crippen LogP contribution in [0.5, 0.6) is 0 Å². The van der Waals surface area contributed by atoms with Crippen LogP contribution in [0.15, 0.2) is 24.3 Å². The van der Waals surface area contributed by atoms with E-state index in [9.17, 15) is 14.4 Å². The van der Waals surface area contributed by atoms with Crippen LogP contribution in [0, 0.1) is 0 Å². The molecular formula is C16H20N2O4. The van der Waals surface area contributed by atoms with Crippen LogP contribution in [0.4, 0.5) is 5.69 Å². The van der Waals surface area contributed by atoms with Gasteiger partial charge in [0.2, 0.25) is 5.91 Å². The number of carbonyl (C=O) groups excluding carboxylic acids is 2. The highest BCUT2D eigenvalue weighted by Crippen LogP contribution is 2.21. The molecule has 1 aromatic rings. The molecule has 1 aliphatic heterocycles. The summed E-state index contributed by atoms with van der Waals surface area (Å²) in [5, 5.41) is 8.82. The fourth-order valence-electron chi connectivity index (χ4n) is 2.54. The van der Waals surface area contributed by atoms with Crippen LogP contribution < -0.4 is 4.90 Å². The standard InChI is InChI=1S/C16H20N2O4/c1-2-17(11-15(20)21)16(22)12-6-8-13(9-7-12)18-10-4-3-5-14(18)19/h6-9H,2-5,10-11H2,1H3,(H,20,21). The number of carboxylic acids is 1. The van der Waals surface area contributed by atoms with Crippen molar-refractivity contribution in [1.82, 2.24) is 4.90 Å². The van der Waals surface area contributed by atoms with Gasteiger partial charge in [0, 0.05) is 30.8 Å². The number of rotatable bonds is 5. The largest absolute Gasteiger partial charge is 0.480 e. The van der Waals surface area contributed by atoms with Crippen LogP contribution in [0.3, 0.4) is 0 Å². The summed E-state index contributed by atoms with van der Waals surface area (Å²) in [5.74, 6) is -1.25. The Morgan fingerprint density at radius 2 is 1.91 bits per heavy atom. The normalized spacial score (nSPS) is 14.8. The summed E-state index contributed by atoms with van der Waals surface area (Å²) >= 11 is 0. The topological polar surface area (TPSA) is 77.9 Å². The lowest BCUT2D eigenvalue weighted by Gasteiger charge is -2.27. The highest BCUT2D eigenvalue weighted by Gasteiger charge is 2.21. The number of aliphatic carboxylic acids is 1. The van der Waals surface area contributed by atoms with Crippen LogP contribution in [0.1, 0.15) is 36.5 Å². The number of anilines is 1. The molecule has 0 radical (unpaired) electrons. The molecular weight excluding hydrogens is 284 g/mol. The van der Waals surface area contributed by atoms with Crippen molar-refractivity contribution in [3.05, 3.63) is 29.8 Å². The van der Waals surface area contributed by atoms with Gasteiger partial charge < -0.3 is 14.9 Å². The number of piperidine rings is 1. The van der Waals surface area contributed by atoms with Crippen molar-refractivity contribution in [2.75, 3.05) is 24.5 Å². The number of likely N-dealkylation sites (N-methyl/N-ethyl adjacent to an activating group) is 1. The lowest BCUT2D eigenvalue weighted by Crippen LogP contribution is -2.36. The zero-order valence-electron chi connectivity index (χ0n) is 12.6. The minimum absolute atomic E-state index is 0.103. The van der Waals surface area contributed by atoms with Gasteiger partial charge in [0.25, 0.3) is 5.91 Å². The molecule has 2 amide bonds. The van der Waals surface area contributed by atoms with Gasteiger partial charge in [-0.15, -0.1) is 0 Å². The van der Waals surface area contributed by atoms with Crippen molar-refractivity contribution >= 4 is 23.5 Å². The maximum atomic E-state index is 12.2. The summed E-state index contributed by atoms with van der Waals surface area (Å²) in [6.45, 7) is 2.45. The number of carboxylic acid groups (broad SMARTS) is 1. The van der Waals surface area contributed by atoms with Crippen LogP contribution in [-0.4, -0.2) is 47.4 Å². The smallest absolute Gasteiger partial charge is 0.323 e. The van der Waals surface area contributed by atoms with Crippen molar-refractivity contribution in [2.45, 2.75) is 26.2 Å². The number of carbonyl (C=O) groups is 3. The molecule has 0 spiro atoms. The molecule has 0 atom stereocenters. The highest BCUT2D eigenvalue weighted by molar-refractivity contribution is 5.97. The quantitative estimate of drug-likeness (QED) is 0.899. The van der Waals surface area contributed by atoms with E-state index in [0.29, 0.717) is 25.1 Å². The molecule has 22 heavy (non-hydrogen) atoms. The number of hydrogen-bond acceptors (Lipinski definition) is 3. The van der Waals surface area contributed by atoms with E-state index in [1.54, 1.807) is 36.1 Å². The predicted molar refractivity (Wildman–Crippen MR) is 81.9 cm³/mol. The van der Waals surface area contributed by atoms with E-state index in [-0.39, 0.29) is 18.4 Å². The summed E-state index contributed by atoms with van der Waals surface area (Å²) in [6.07, 6.45) is 2.46. The van der Waals surface area contributed by atoms with E-state index in [0.717, 1.165) is 18.5 Å². The molecule has 0 saturated carbocycles. The third-order valence-corrected chi connectivity index (χ3v) is 3.74. The molecule has 6 nitrogen and oxygen atoms in total. The molecule has 1 fully saturated rings. The first-order valence-corrected chi connectivity index (χ1v) is 7.44. The maximum Gasteiger partial charge on any atom is 0.323 e. The first-order valence-electron chi connectivity index (χ1n) is 7.44. The molecule has 118 valence electrons. The van der Waals surface area contributed by atoms with Gasteiger partial charge >= 0.3 is 5.97 Å². The van der Waals surface area contributed by atoms with Gasteiger partial charge in [-0.25, -0.2) is 0 Å². The maximum absolute atomic E-state index is 12.2. The van der Waals surface area contributed by atoms with E-state index in [2.05, 4.69) is 0 Å². The summed E-state index contributed by atoms with van der Waals surface area (Å²) < 4.78 is 0. The van der Waals surface area contributed by atoms with Crippen molar-refractivity contribution in [2.24, 2.45) is 0 Å². The molecule has 0 aliphatic carbocycles. The molecule has 0 unspecified atom stereocenters. The summed E-state index contributed by atoms with van der Waals surface area (Å²) in [6, 6.07) is 6.77. The fourth-order valence-corrected chi connectivity index (χ4v) is 2.54. The predicted octanol–water partition coefficient (Wildman–Crippen LogP) is 1.75. The second-order valence-corrected chi connectivity index (χ2v) is 5.26. The Bertz CT molecular complexity index is 568. The van der Waals surface area contributed by atoms with Gasteiger partial charge in [-0.2, -0.15) is 0 Å². The first kappa shape index (κ1) is 16.0. The second-order valence-electron chi connectivity index (χ2n) is 5.26. The summed E-state index contributed by atoms with van der Waals surface area (Å²) in [4.78, 5) is 37.9. The fraction of sp³-hybridized carbons (Fsp3) is 0.438. The monoisotopic (exact) mass is 304 g/mol. The Hall–Kier alpha value is -2.37. The molecule has 1 N–H and O–H groups in total. The molecule has 0 bridgehead atoms. The Kier molecular flexibility index (Phi) is 5.14. The minimum atomic E-state index is -1.04. The van der Waals surface area contributed by atoms with E-state index in [4.69, 9.17) is 5.11 Å². The number of benzene rings is 1. The van der Waals surface area contributed by atoms with Crippen LogP contribution in [0.2, 0.25) is 0 Å². The zero-order chi connectivity index (χ0) is 16.1. The van der Waals surface area contributed by atoms with Crippen LogP contribution in [-0.2, 0) is 9.59 Å². The molecule has 0 aromatic heterocycles. The average molecular weight is 304 g/mol. The zero-order valence-corrected chi connectivity index (χ0v) is 12.6. The van der Waals surface area contributed by atoms with E-state index in [1.807, 2.05) is 0 Å². The third kappa shape index (κ3) is 3.63. The SMILES string of the molecule is CCN(CC(=O)O)C(=O)c1ccc(N2CCCCC2=O)cc1. The average Bonchev–Trinajstić information content (AvgIpc) is 2.52. The Morgan fingerprint density at radius 3 is 2.45 bits per heavy atom. The van der Waals surface area contributed by atoms with Gasteiger partial charge in [0.05, 0.1) is 0 Å². The third-order valence-electron chi connectivity index (χ3n) is 3.74. The van der Waals surface area contributed by atoms with Crippen molar-refractivity contribution in [3.8, 4) is 0 Å². The molecule has 1 heterocycles. The van der Waals surface area contributed by atoms with Gasteiger partial charge in [-0.3, -0.25) is 14.4 Å². The lowest BCUT2D eigenvalue weighted by atomic mass is 10.1. The number of nitrogens with zero attached hydrogens (tertiary/aromatic N) is 2. The molecule has 2 rings (SSSR count). The Morgan fingerprint density at radius 1 is 1.23 bits per heavy atom. The Balaban J connectivity index is 2.12. The van der Waals surface area contributed by atoms with Crippen molar-refractivity contribution in [1.29, 1.82) is 0 Å². The number of hydrogen-bond donors (Lipinski definition) is 1. The molecule has 1 aromatic carbocycles. The van der Waals surface area contributed by atoms with Gasteiger partial charge in [0.1, 0.15) is 6.54 Å². The van der Waals surface area contributed by atoms with Crippen molar-refractivity contribution in [3.63, 3.8) is 0 Å². The molecule has 1 aliphatic rings. The highest BCUT2D eigenvalue weighted by atomic mass is 16.4. The van der Waals surface area contributed by atoms with E-state index < -0.39 is 5.97 Å². The van der Waals surface area contributed by atoms with Crippen molar-refractivity contribution < 1.29 is 19.5 Å². The van der Waals surface area contributed by atoms with Crippen LogP contribution >= 0.6 is 0 Å². The van der Waals surface area contributed by atoms with Crippen LogP contribution in [0.25, 0.3) is 0 Å². The number of amides is 2. The van der Waals surface area contributed by atoms with Gasteiger partial charge in [-0.05, 0) is 44.0 Å². The van der Waals surface area contributed by atoms with E-state index in [1.165, 1.54) is 4.90 Å².